The molecule has 5 heteroatoms. The highest BCUT2D eigenvalue weighted by Gasteiger charge is 2.12. The highest BCUT2D eigenvalue weighted by molar-refractivity contribution is 7.98. The lowest BCUT2D eigenvalue weighted by Crippen LogP contribution is -2.40. The first kappa shape index (κ1) is 13.0. The average molecular weight is 239 g/mol. The van der Waals surface area contributed by atoms with Crippen LogP contribution in [-0.2, 0) is 11.3 Å². The highest BCUT2D eigenvalue weighted by atomic mass is 32.2. The summed E-state index contributed by atoms with van der Waals surface area (Å²) >= 11 is 1.69. The Morgan fingerprint density at radius 1 is 1.62 bits per heavy atom. The Balaban J connectivity index is 2.29. The van der Waals surface area contributed by atoms with Crippen molar-refractivity contribution in [3.8, 4) is 0 Å². The second-order valence-corrected chi connectivity index (χ2v) is 4.41. The van der Waals surface area contributed by atoms with E-state index in [0.29, 0.717) is 13.0 Å². The molecule has 1 atom stereocenters. The summed E-state index contributed by atoms with van der Waals surface area (Å²) in [5.74, 6) is 0.790. The van der Waals surface area contributed by atoms with Crippen LogP contribution in [0.1, 0.15) is 12.1 Å². The Kier molecular flexibility index (Phi) is 5.88. The Morgan fingerprint density at radius 2 is 2.44 bits per heavy atom. The van der Waals surface area contributed by atoms with Gasteiger partial charge in [-0.2, -0.15) is 11.8 Å². The number of pyridine rings is 1. The van der Waals surface area contributed by atoms with E-state index in [0.717, 1.165) is 11.4 Å². The van der Waals surface area contributed by atoms with Crippen LogP contribution in [0.5, 0.6) is 0 Å². The summed E-state index contributed by atoms with van der Waals surface area (Å²) in [5.41, 5.74) is 6.56. The molecule has 0 aliphatic rings. The van der Waals surface area contributed by atoms with E-state index >= 15 is 0 Å². The molecular weight excluding hydrogens is 222 g/mol. The summed E-state index contributed by atoms with van der Waals surface area (Å²) < 4.78 is 0. The minimum Gasteiger partial charge on any atom is -0.349 e. The summed E-state index contributed by atoms with van der Waals surface area (Å²) in [7, 11) is 0. The van der Waals surface area contributed by atoms with Crippen LogP contribution in [0.4, 0.5) is 0 Å². The lowest BCUT2D eigenvalue weighted by molar-refractivity contribution is -0.122. The SMILES string of the molecule is CSCC[C@@H](N)C(=O)NCc1ccccn1. The molecule has 0 unspecified atom stereocenters. The van der Waals surface area contributed by atoms with Gasteiger partial charge in [0.1, 0.15) is 0 Å². The molecule has 16 heavy (non-hydrogen) atoms. The van der Waals surface area contributed by atoms with Gasteiger partial charge in [0.25, 0.3) is 0 Å². The van der Waals surface area contributed by atoms with Crippen molar-refractivity contribution < 1.29 is 4.79 Å². The number of hydrogen-bond acceptors (Lipinski definition) is 4. The monoisotopic (exact) mass is 239 g/mol. The zero-order valence-electron chi connectivity index (χ0n) is 9.35. The first-order valence-corrected chi connectivity index (χ1v) is 6.55. The third kappa shape index (κ3) is 4.63. The summed E-state index contributed by atoms with van der Waals surface area (Å²) in [6, 6.07) is 5.18. The van der Waals surface area contributed by atoms with Gasteiger partial charge in [-0.1, -0.05) is 6.07 Å². The van der Waals surface area contributed by atoms with Crippen LogP contribution in [0.25, 0.3) is 0 Å². The molecule has 1 amide bonds. The topological polar surface area (TPSA) is 68.0 Å². The second-order valence-electron chi connectivity index (χ2n) is 3.43. The van der Waals surface area contributed by atoms with Gasteiger partial charge in [0.2, 0.25) is 5.91 Å². The number of carbonyl (C=O) groups excluding carboxylic acids is 1. The molecule has 0 aliphatic heterocycles. The van der Waals surface area contributed by atoms with Crippen molar-refractivity contribution in [3.05, 3.63) is 30.1 Å². The van der Waals surface area contributed by atoms with Crippen LogP contribution < -0.4 is 11.1 Å². The van der Waals surface area contributed by atoms with Gasteiger partial charge in [0.15, 0.2) is 0 Å². The third-order valence-electron chi connectivity index (χ3n) is 2.14. The third-order valence-corrected chi connectivity index (χ3v) is 2.78. The minimum absolute atomic E-state index is 0.111. The molecule has 1 aromatic rings. The maximum absolute atomic E-state index is 11.5. The fraction of sp³-hybridized carbons (Fsp3) is 0.455. The molecule has 1 aromatic heterocycles. The van der Waals surface area contributed by atoms with Crippen molar-refractivity contribution in [3.63, 3.8) is 0 Å². The predicted octanol–water partition coefficient (Wildman–Crippen LogP) is 0.778. The standard InChI is InChI=1S/C11H17N3OS/c1-16-7-5-10(12)11(15)14-8-9-4-2-3-6-13-9/h2-4,6,10H,5,7-8,12H2,1H3,(H,14,15)/t10-/m1/s1. The zero-order valence-corrected chi connectivity index (χ0v) is 10.2. The summed E-state index contributed by atoms with van der Waals surface area (Å²) in [6.45, 7) is 0.437. The highest BCUT2D eigenvalue weighted by Crippen LogP contribution is 1.99. The van der Waals surface area contributed by atoms with Gasteiger partial charge in [-0.15, -0.1) is 0 Å². The number of thioether (sulfide) groups is 1. The van der Waals surface area contributed by atoms with E-state index in [-0.39, 0.29) is 5.91 Å². The van der Waals surface area contributed by atoms with Crippen molar-refractivity contribution in [1.82, 2.24) is 10.3 Å². The van der Waals surface area contributed by atoms with Gasteiger partial charge < -0.3 is 11.1 Å². The van der Waals surface area contributed by atoms with Crippen LogP contribution in [0, 0.1) is 0 Å². The van der Waals surface area contributed by atoms with Crippen LogP contribution in [-0.4, -0.2) is 28.9 Å². The zero-order chi connectivity index (χ0) is 11.8. The maximum atomic E-state index is 11.5. The fourth-order valence-corrected chi connectivity index (χ4v) is 1.68. The maximum Gasteiger partial charge on any atom is 0.237 e. The second kappa shape index (κ2) is 7.24. The average Bonchev–Trinajstić information content (AvgIpc) is 2.34. The van der Waals surface area contributed by atoms with E-state index in [9.17, 15) is 4.79 Å². The Morgan fingerprint density at radius 3 is 3.06 bits per heavy atom. The smallest absolute Gasteiger partial charge is 0.237 e. The molecule has 0 saturated heterocycles. The van der Waals surface area contributed by atoms with Crippen LogP contribution in [0.3, 0.4) is 0 Å². The number of aromatic nitrogens is 1. The predicted molar refractivity (Wildman–Crippen MR) is 67.1 cm³/mol. The first-order chi connectivity index (χ1) is 7.74. The van der Waals surface area contributed by atoms with E-state index in [4.69, 9.17) is 5.73 Å². The molecule has 0 saturated carbocycles. The number of nitrogens with two attached hydrogens (primary N) is 1. The molecule has 0 aliphatic carbocycles. The molecule has 0 spiro atoms. The molecule has 3 N–H and O–H groups in total. The summed E-state index contributed by atoms with van der Waals surface area (Å²) in [4.78, 5) is 15.7. The summed E-state index contributed by atoms with van der Waals surface area (Å²) in [6.07, 6.45) is 4.41. The molecule has 1 rings (SSSR count). The van der Waals surface area contributed by atoms with Crippen molar-refractivity contribution in [2.75, 3.05) is 12.0 Å². The number of nitrogens with zero attached hydrogens (tertiary/aromatic N) is 1. The number of hydrogen-bond donors (Lipinski definition) is 2. The van der Waals surface area contributed by atoms with E-state index in [1.54, 1.807) is 18.0 Å². The van der Waals surface area contributed by atoms with Gasteiger partial charge in [0.05, 0.1) is 18.3 Å². The van der Waals surface area contributed by atoms with E-state index < -0.39 is 6.04 Å². The van der Waals surface area contributed by atoms with Gasteiger partial charge in [-0.05, 0) is 30.6 Å². The Hall–Kier alpha value is -1.07. The lowest BCUT2D eigenvalue weighted by atomic mass is 10.2. The van der Waals surface area contributed by atoms with E-state index in [2.05, 4.69) is 10.3 Å². The van der Waals surface area contributed by atoms with Crippen molar-refractivity contribution in [2.24, 2.45) is 5.73 Å². The lowest BCUT2D eigenvalue weighted by Gasteiger charge is -2.11. The summed E-state index contributed by atoms with van der Waals surface area (Å²) in [5, 5.41) is 2.77. The van der Waals surface area contributed by atoms with Gasteiger partial charge in [-0.25, -0.2) is 0 Å². The van der Waals surface area contributed by atoms with E-state index in [1.165, 1.54) is 0 Å². The molecule has 88 valence electrons. The molecule has 0 bridgehead atoms. The van der Waals surface area contributed by atoms with Crippen molar-refractivity contribution in [2.45, 2.75) is 19.0 Å². The molecule has 0 aromatic carbocycles. The fourth-order valence-electron chi connectivity index (χ4n) is 1.19. The van der Waals surface area contributed by atoms with Crippen molar-refractivity contribution in [1.29, 1.82) is 0 Å². The van der Waals surface area contributed by atoms with Crippen LogP contribution >= 0.6 is 11.8 Å². The number of amides is 1. The van der Waals surface area contributed by atoms with Gasteiger partial charge >= 0.3 is 0 Å². The van der Waals surface area contributed by atoms with Crippen molar-refractivity contribution >= 4 is 17.7 Å². The molecule has 0 fully saturated rings. The Bertz CT molecular complexity index is 318. The first-order valence-electron chi connectivity index (χ1n) is 5.16. The number of nitrogens with one attached hydrogen (secondary N) is 1. The Labute approximate surface area is 100 Å². The van der Waals surface area contributed by atoms with Gasteiger partial charge in [-0.3, -0.25) is 9.78 Å². The van der Waals surface area contributed by atoms with Crippen LogP contribution in [0.2, 0.25) is 0 Å². The number of rotatable bonds is 6. The largest absolute Gasteiger partial charge is 0.349 e. The van der Waals surface area contributed by atoms with Crippen LogP contribution in [0.15, 0.2) is 24.4 Å². The van der Waals surface area contributed by atoms with Gasteiger partial charge in [0, 0.05) is 6.20 Å². The quantitative estimate of drug-likeness (QED) is 0.769. The normalized spacial score (nSPS) is 12.1. The molecule has 1 heterocycles. The number of carbonyl (C=O) groups is 1. The minimum atomic E-state index is -0.420. The molecule has 0 radical (unpaired) electrons. The molecular formula is C11H17N3OS. The van der Waals surface area contributed by atoms with E-state index in [1.807, 2.05) is 24.5 Å². The molecule has 4 nitrogen and oxygen atoms in total.